The molecule has 1 aliphatic rings. The maximum absolute atomic E-state index is 12.7. The summed E-state index contributed by atoms with van der Waals surface area (Å²) >= 11 is 0. The zero-order valence-corrected chi connectivity index (χ0v) is 13.1. The van der Waals surface area contributed by atoms with E-state index < -0.39 is 0 Å². The summed E-state index contributed by atoms with van der Waals surface area (Å²) in [6.07, 6.45) is 2.09. The number of nitrogens with zero attached hydrogens (tertiary/aromatic N) is 1. The summed E-state index contributed by atoms with van der Waals surface area (Å²) in [5.41, 5.74) is 1.79. The smallest absolute Gasteiger partial charge is 0.227 e. The predicted molar refractivity (Wildman–Crippen MR) is 89.4 cm³/mol. The maximum atomic E-state index is 12.7. The molecule has 2 heterocycles. The van der Waals surface area contributed by atoms with Crippen molar-refractivity contribution in [2.45, 2.75) is 19.4 Å². The van der Waals surface area contributed by atoms with E-state index in [9.17, 15) is 4.79 Å². The molecule has 4 heteroatoms. The molecule has 0 saturated carbocycles. The number of hydrogen-bond acceptors (Lipinski definition) is 3. The van der Waals surface area contributed by atoms with E-state index in [0.717, 1.165) is 27.3 Å². The lowest BCUT2D eigenvalue weighted by molar-refractivity contribution is -0.138. The number of morpholine rings is 1. The Morgan fingerprint density at radius 3 is 3.00 bits per heavy atom. The Kier molecular flexibility index (Phi) is 3.54. The van der Waals surface area contributed by atoms with Crippen LogP contribution < -0.4 is 0 Å². The molecule has 0 N–H and O–H groups in total. The fourth-order valence-corrected chi connectivity index (χ4v) is 3.37. The van der Waals surface area contributed by atoms with Crippen molar-refractivity contribution in [1.82, 2.24) is 4.90 Å². The molecule has 118 valence electrons. The van der Waals surface area contributed by atoms with Crippen LogP contribution >= 0.6 is 0 Å². The lowest BCUT2D eigenvalue weighted by atomic mass is 10.0. The second kappa shape index (κ2) is 5.70. The van der Waals surface area contributed by atoms with Gasteiger partial charge in [0, 0.05) is 17.5 Å². The van der Waals surface area contributed by atoms with Gasteiger partial charge in [0.1, 0.15) is 5.58 Å². The first-order valence-corrected chi connectivity index (χ1v) is 7.99. The summed E-state index contributed by atoms with van der Waals surface area (Å²) in [7, 11) is 0. The lowest BCUT2D eigenvalue weighted by Gasteiger charge is -2.33. The van der Waals surface area contributed by atoms with Crippen molar-refractivity contribution in [3.05, 3.63) is 48.2 Å². The van der Waals surface area contributed by atoms with Gasteiger partial charge in [-0.05, 0) is 23.8 Å². The van der Waals surface area contributed by atoms with E-state index >= 15 is 0 Å². The van der Waals surface area contributed by atoms with Crippen molar-refractivity contribution in [1.29, 1.82) is 0 Å². The van der Waals surface area contributed by atoms with Crippen molar-refractivity contribution in [2.24, 2.45) is 0 Å². The van der Waals surface area contributed by atoms with Gasteiger partial charge in [-0.1, -0.05) is 30.3 Å². The van der Waals surface area contributed by atoms with Crippen LogP contribution in [0.3, 0.4) is 0 Å². The van der Waals surface area contributed by atoms with Crippen LogP contribution in [0.25, 0.3) is 21.7 Å². The molecule has 1 fully saturated rings. The van der Waals surface area contributed by atoms with Crippen LogP contribution in [0, 0.1) is 0 Å². The van der Waals surface area contributed by atoms with E-state index in [-0.39, 0.29) is 11.9 Å². The maximum Gasteiger partial charge on any atom is 0.227 e. The molecule has 1 saturated heterocycles. The van der Waals surface area contributed by atoms with Gasteiger partial charge in [0.25, 0.3) is 0 Å². The van der Waals surface area contributed by atoms with Crippen LogP contribution in [0.5, 0.6) is 0 Å². The third-order valence-electron chi connectivity index (χ3n) is 4.57. The lowest BCUT2D eigenvalue weighted by Crippen LogP contribution is -2.47. The molecule has 0 unspecified atom stereocenters. The summed E-state index contributed by atoms with van der Waals surface area (Å²) in [6, 6.07) is 12.4. The highest BCUT2D eigenvalue weighted by Gasteiger charge is 2.24. The van der Waals surface area contributed by atoms with Crippen molar-refractivity contribution < 1.29 is 13.9 Å². The second-order valence-electron chi connectivity index (χ2n) is 6.11. The number of carbonyl (C=O) groups is 1. The third-order valence-corrected chi connectivity index (χ3v) is 4.57. The first-order chi connectivity index (χ1) is 11.2. The Labute approximate surface area is 134 Å². The van der Waals surface area contributed by atoms with E-state index in [1.807, 2.05) is 30.0 Å². The first-order valence-electron chi connectivity index (χ1n) is 7.99. The second-order valence-corrected chi connectivity index (χ2v) is 6.11. The highest BCUT2D eigenvalue weighted by Crippen LogP contribution is 2.30. The molecule has 1 atom stereocenters. The summed E-state index contributed by atoms with van der Waals surface area (Å²) in [5.74, 6) is 0.136. The summed E-state index contributed by atoms with van der Waals surface area (Å²) < 4.78 is 11.1. The van der Waals surface area contributed by atoms with Gasteiger partial charge in [0.2, 0.25) is 5.91 Å². The Morgan fingerprint density at radius 2 is 2.13 bits per heavy atom. The molecule has 1 aromatic heterocycles. The van der Waals surface area contributed by atoms with Crippen LogP contribution in [0.15, 0.2) is 47.1 Å². The highest BCUT2D eigenvalue weighted by atomic mass is 16.5. The van der Waals surface area contributed by atoms with E-state index in [4.69, 9.17) is 9.15 Å². The number of hydrogen-bond donors (Lipinski definition) is 0. The Bertz CT molecular complexity index is 867. The molecule has 1 aliphatic heterocycles. The molecule has 4 rings (SSSR count). The Balaban J connectivity index is 1.71. The van der Waals surface area contributed by atoms with Gasteiger partial charge in [0.15, 0.2) is 0 Å². The average molecular weight is 309 g/mol. The zero-order chi connectivity index (χ0) is 15.8. The highest BCUT2D eigenvalue weighted by molar-refractivity contribution is 6.08. The van der Waals surface area contributed by atoms with E-state index in [1.54, 1.807) is 6.26 Å². The van der Waals surface area contributed by atoms with Gasteiger partial charge in [-0.3, -0.25) is 4.79 Å². The standard InChI is InChI=1S/C19H19NO3/c1-13-11-22-9-8-20(13)18(21)10-15-12-23-17-7-6-14-4-2-3-5-16(14)19(15)17/h2-7,12-13H,8-11H2,1H3/t13-/m1/s1. The molecule has 3 aromatic rings. The SMILES string of the molecule is C[C@@H]1COCCN1C(=O)Cc1coc2ccc3ccccc3c12. The van der Waals surface area contributed by atoms with E-state index in [0.29, 0.717) is 26.2 Å². The summed E-state index contributed by atoms with van der Waals surface area (Å²) in [4.78, 5) is 14.6. The molecular weight excluding hydrogens is 290 g/mol. The van der Waals surface area contributed by atoms with Crippen LogP contribution in [-0.4, -0.2) is 36.6 Å². The van der Waals surface area contributed by atoms with E-state index in [1.165, 1.54) is 0 Å². The Morgan fingerprint density at radius 1 is 1.26 bits per heavy atom. The van der Waals surface area contributed by atoms with Crippen molar-refractivity contribution >= 4 is 27.6 Å². The number of benzene rings is 2. The quantitative estimate of drug-likeness (QED) is 0.729. The van der Waals surface area contributed by atoms with Gasteiger partial charge in [-0.15, -0.1) is 0 Å². The number of fused-ring (bicyclic) bond motifs is 3. The van der Waals surface area contributed by atoms with E-state index in [2.05, 4.69) is 18.2 Å². The van der Waals surface area contributed by atoms with Crippen molar-refractivity contribution in [3.63, 3.8) is 0 Å². The van der Waals surface area contributed by atoms with Crippen molar-refractivity contribution in [3.8, 4) is 0 Å². The minimum absolute atomic E-state index is 0.131. The normalized spacial score (nSPS) is 18.7. The van der Waals surface area contributed by atoms with Gasteiger partial charge < -0.3 is 14.1 Å². The zero-order valence-electron chi connectivity index (χ0n) is 13.1. The summed E-state index contributed by atoms with van der Waals surface area (Å²) in [6.45, 7) is 3.92. The molecule has 0 radical (unpaired) electrons. The van der Waals surface area contributed by atoms with Crippen LogP contribution in [-0.2, 0) is 16.0 Å². The number of ether oxygens (including phenoxy) is 1. The topological polar surface area (TPSA) is 42.7 Å². The third kappa shape index (κ3) is 2.49. The van der Waals surface area contributed by atoms with Crippen LogP contribution in [0.4, 0.5) is 0 Å². The Hall–Kier alpha value is -2.33. The van der Waals surface area contributed by atoms with Gasteiger partial charge in [-0.2, -0.15) is 0 Å². The predicted octanol–water partition coefficient (Wildman–Crippen LogP) is 3.38. The number of rotatable bonds is 2. The first kappa shape index (κ1) is 14.3. The molecular formula is C19H19NO3. The minimum Gasteiger partial charge on any atom is -0.464 e. The van der Waals surface area contributed by atoms with Gasteiger partial charge >= 0.3 is 0 Å². The fraction of sp³-hybridized carbons (Fsp3) is 0.316. The molecule has 4 nitrogen and oxygen atoms in total. The van der Waals surface area contributed by atoms with Gasteiger partial charge in [0.05, 0.1) is 31.9 Å². The summed E-state index contributed by atoms with van der Waals surface area (Å²) in [5, 5.41) is 3.35. The number of furan rings is 1. The fourth-order valence-electron chi connectivity index (χ4n) is 3.37. The average Bonchev–Trinajstić information content (AvgIpc) is 2.98. The van der Waals surface area contributed by atoms with Crippen LogP contribution in [0.2, 0.25) is 0 Å². The molecule has 23 heavy (non-hydrogen) atoms. The minimum atomic E-state index is 0.131. The van der Waals surface area contributed by atoms with Crippen molar-refractivity contribution in [2.75, 3.05) is 19.8 Å². The number of amides is 1. The molecule has 2 aromatic carbocycles. The monoisotopic (exact) mass is 309 g/mol. The largest absolute Gasteiger partial charge is 0.464 e. The molecule has 1 amide bonds. The molecule has 0 spiro atoms. The van der Waals surface area contributed by atoms with Gasteiger partial charge in [-0.25, -0.2) is 0 Å². The van der Waals surface area contributed by atoms with Crippen LogP contribution in [0.1, 0.15) is 12.5 Å². The molecule has 0 aliphatic carbocycles. The molecule has 0 bridgehead atoms. The number of carbonyl (C=O) groups excluding carboxylic acids is 1.